The van der Waals surface area contributed by atoms with Gasteiger partial charge < -0.3 is 9.47 Å². The number of carbonyl (C=O) groups excluding carboxylic acids is 2. The Morgan fingerprint density at radius 1 is 1.20 bits per heavy atom. The molecule has 2 aliphatic rings. The molecule has 2 atom stereocenters. The molecule has 0 N–H and O–H groups in total. The molecule has 1 aliphatic carbocycles. The highest BCUT2D eigenvalue weighted by molar-refractivity contribution is 5.94. The Balaban J connectivity index is 1.96. The molecule has 20 heavy (non-hydrogen) atoms. The van der Waals surface area contributed by atoms with Crippen LogP contribution >= 0.6 is 0 Å². The zero-order valence-corrected chi connectivity index (χ0v) is 11.6. The molecule has 0 bridgehead atoms. The van der Waals surface area contributed by atoms with E-state index in [4.69, 9.17) is 9.47 Å². The SMILES string of the molecule is COc1ccc([C@H]2CC(=O)O[C@]23CCCCC3=O)cc1. The first-order chi connectivity index (χ1) is 9.65. The number of rotatable bonds is 2. The topological polar surface area (TPSA) is 52.6 Å². The molecular weight excluding hydrogens is 256 g/mol. The molecule has 0 aromatic heterocycles. The Labute approximate surface area is 118 Å². The van der Waals surface area contributed by atoms with Gasteiger partial charge >= 0.3 is 5.97 Å². The lowest BCUT2D eigenvalue weighted by molar-refractivity contribution is -0.160. The van der Waals surface area contributed by atoms with Crippen molar-refractivity contribution in [2.75, 3.05) is 7.11 Å². The molecule has 0 radical (unpaired) electrons. The summed E-state index contributed by atoms with van der Waals surface area (Å²) >= 11 is 0. The molecule has 0 amide bonds. The van der Waals surface area contributed by atoms with Crippen LogP contribution in [0.2, 0.25) is 0 Å². The van der Waals surface area contributed by atoms with Crippen molar-refractivity contribution in [2.45, 2.75) is 43.6 Å². The zero-order valence-electron chi connectivity index (χ0n) is 11.6. The second kappa shape index (κ2) is 4.93. The number of Topliss-reactive ketones (excluding diaryl/α,β-unsaturated/α-hetero) is 1. The van der Waals surface area contributed by atoms with E-state index in [0.29, 0.717) is 12.8 Å². The first-order valence-corrected chi connectivity index (χ1v) is 7.05. The summed E-state index contributed by atoms with van der Waals surface area (Å²) in [5, 5.41) is 0. The average molecular weight is 274 g/mol. The maximum absolute atomic E-state index is 12.4. The summed E-state index contributed by atoms with van der Waals surface area (Å²) in [7, 11) is 1.61. The zero-order chi connectivity index (χ0) is 14.2. The van der Waals surface area contributed by atoms with Crippen molar-refractivity contribution >= 4 is 11.8 Å². The standard InChI is InChI=1S/C16H18O4/c1-19-12-7-5-11(6-8-12)13-10-15(18)20-16(13)9-3-2-4-14(16)17/h5-8,13H,2-4,9-10H2,1H3/t13-,16-/m1/s1. The van der Waals surface area contributed by atoms with Gasteiger partial charge in [0.1, 0.15) is 5.75 Å². The smallest absolute Gasteiger partial charge is 0.307 e. The molecule has 1 aromatic rings. The van der Waals surface area contributed by atoms with E-state index in [9.17, 15) is 9.59 Å². The Kier molecular flexibility index (Phi) is 3.24. The number of carbonyl (C=O) groups is 2. The lowest BCUT2D eigenvalue weighted by Gasteiger charge is -2.35. The largest absolute Gasteiger partial charge is 0.497 e. The van der Waals surface area contributed by atoms with Crippen molar-refractivity contribution in [1.82, 2.24) is 0 Å². The van der Waals surface area contributed by atoms with Gasteiger partial charge in [-0.2, -0.15) is 0 Å². The van der Waals surface area contributed by atoms with E-state index in [1.54, 1.807) is 7.11 Å². The highest BCUT2D eigenvalue weighted by atomic mass is 16.6. The fourth-order valence-corrected chi connectivity index (χ4v) is 3.37. The highest BCUT2D eigenvalue weighted by Crippen LogP contribution is 2.47. The average Bonchev–Trinajstić information content (AvgIpc) is 2.80. The van der Waals surface area contributed by atoms with Gasteiger partial charge in [-0.3, -0.25) is 9.59 Å². The third-order valence-electron chi connectivity index (χ3n) is 4.42. The van der Waals surface area contributed by atoms with Crippen LogP contribution in [0.4, 0.5) is 0 Å². The van der Waals surface area contributed by atoms with Crippen molar-refractivity contribution in [3.05, 3.63) is 29.8 Å². The summed E-state index contributed by atoms with van der Waals surface area (Å²) in [6, 6.07) is 7.57. The minimum Gasteiger partial charge on any atom is -0.497 e. The minimum atomic E-state index is -0.913. The van der Waals surface area contributed by atoms with Crippen LogP contribution in [0.1, 0.15) is 43.6 Å². The number of esters is 1. The Morgan fingerprint density at radius 2 is 1.95 bits per heavy atom. The molecule has 1 saturated heterocycles. The summed E-state index contributed by atoms with van der Waals surface area (Å²) in [4.78, 5) is 24.1. The van der Waals surface area contributed by atoms with E-state index in [0.717, 1.165) is 24.2 Å². The second-order valence-corrected chi connectivity index (χ2v) is 5.52. The third kappa shape index (κ3) is 1.99. The van der Waals surface area contributed by atoms with E-state index in [1.807, 2.05) is 24.3 Å². The van der Waals surface area contributed by atoms with Gasteiger partial charge in [0.15, 0.2) is 11.4 Å². The van der Waals surface area contributed by atoms with Crippen LogP contribution in [-0.4, -0.2) is 24.5 Å². The maximum atomic E-state index is 12.4. The van der Waals surface area contributed by atoms with E-state index in [1.165, 1.54) is 0 Å². The molecule has 1 saturated carbocycles. The summed E-state index contributed by atoms with van der Waals surface area (Å²) in [5.41, 5.74) is 0.0658. The molecule has 1 aliphatic heterocycles. The molecule has 3 rings (SSSR count). The third-order valence-corrected chi connectivity index (χ3v) is 4.42. The molecule has 1 aromatic carbocycles. The predicted octanol–water partition coefficient (Wildman–Crippen LogP) is 2.61. The summed E-state index contributed by atoms with van der Waals surface area (Å²) in [6.45, 7) is 0. The Morgan fingerprint density at radius 3 is 2.60 bits per heavy atom. The number of hydrogen-bond donors (Lipinski definition) is 0. The van der Waals surface area contributed by atoms with Crippen LogP contribution in [0.15, 0.2) is 24.3 Å². The molecule has 1 heterocycles. The van der Waals surface area contributed by atoms with Crippen molar-refractivity contribution in [3.63, 3.8) is 0 Å². The van der Waals surface area contributed by atoms with Crippen LogP contribution in [0, 0.1) is 0 Å². The first kappa shape index (κ1) is 13.2. The molecule has 2 fully saturated rings. The molecular formula is C16H18O4. The van der Waals surface area contributed by atoms with Gasteiger partial charge in [0.25, 0.3) is 0 Å². The fraction of sp³-hybridized carbons (Fsp3) is 0.500. The predicted molar refractivity (Wildman–Crippen MR) is 72.7 cm³/mol. The molecule has 1 spiro atoms. The maximum Gasteiger partial charge on any atom is 0.307 e. The molecule has 4 nitrogen and oxygen atoms in total. The van der Waals surface area contributed by atoms with Crippen LogP contribution in [0.5, 0.6) is 5.75 Å². The Bertz CT molecular complexity index is 534. The van der Waals surface area contributed by atoms with Crippen LogP contribution in [0.3, 0.4) is 0 Å². The van der Waals surface area contributed by atoms with Gasteiger partial charge in [-0.15, -0.1) is 0 Å². The van der Waals surface area contributed by atoms with Crippen molar-refractivity contribution in [1.29, 1.82) is 0 Å². The lowest BCUT2D eigenvalue weighted by atomic mass is 9.72. The van der Waals surface area contributed by atoms with Crippen LogP contribution in [-0.2, 0) is 14.3 Å². The van der Waals surface area contributed by atoms with Crippen molar-refractivity contribution < 1.29 is 19.1 Å². The van der Waals surface area contributed by atoms with E-state index >= 15 is 0 Å². The Hall–Kier alpha value is -1.84. The van der Waals surface area contributed by atoms with Gasteiger partial charge in [0.2, 0.25) is 0 Å². The molecule has 0 unspecified atom stereocenters. The van der Waals surface area contributed by atoms with Gasteiger partial charge in [-0.25, -0.2) is 0 Å². The second-order valence-electron chi connectivity index (χ2n) is 5.52. The van der Waals surface area contributed by atoms with Crippen molar-refractivity contribution in [2.24, 2.45) is 0 Å². The van der Waals surface area contributed by atoms with Gasteiger partial charge in [0, 0.05) is 12.3 Å². The number of hydrogen-bond acceptors (Lipinski definition) is 4. The van der Waals surface area contributed by atoms with E-state index in [2.05, 4.69) is 0 Å². The van der Waals surface area contributed by atoms with Crippen LogP contribution in [0.25, 0.3) is 0 Å². The number of ketones is 1. The minimum absolute atomic E-state index is 0.0791. The highest BCUT2D eigenvalue weighted by Gasteiger charge is 2.55. The monoisotopic (exact) mass is 274 g/mol. The number of methoxy groups -OCH3 is 1. The quantitative estimate of drug-likeness (QED) is 0.778. The van der Waals surface area contributed by atoms with Crippen molar-refractivity contribution in [3.8, 4) is 5.75 Å². The fourth-order valence-electron chi connectivity index (χ4n) is 3.37. The summed E-state index contributed by atoms with van der Waals surface area (Å²) in [6.07, 6.45) is 3.28. The first-order valence-electron chi connectivity index (χ1n) is 7.05. The normalized spacial score (nSPS) is 29.6. The van der Waals surface area contributed by atoms with Gasteiger partial charge in [-0.1, -0.05) is 12.1 Å². The summed E-state index contributed by atoms with van der Waals surface area (Å²) in [5.74, 6) is 0.424. The summed E-state index contributed by atoms with van der Waals surface area (Å²) < 4.78 is 10.7. The number of ether oxygens (including phenoxy) is 2. The van der Waals surface area contributed by atoms with E-state index < -0.39 is 5.60 Å². The van der Waals surface area contributed by atoms with Gasteiger partial charge in [0.05, 0.1) is 13.5 Å². The molecule has 4 heteroatoms. The van der Waals surface area contributed by atoms with Gasteiger partial charge in [-0.05, 0) is 37.0 Å². The molecule has 106 valence electrons. The van der Waals surface area contributed by atoms with E-state index in [-0.39, 0.29) is 24.1 Å². The number of benzene rings is 1. The van der Waals surface area contributed by atoms with Crippen LogP contribution < -0.4 is 4.74 Å². The lowest BCUT2D eigenvalue weighted by Crippen LogP contribution is -2.45.